The van der Waals surface area contributed by atoms with Crippen molar-refractivity contribution in [3.8, 4) is 11.5 Å². The summed E-state index contributed by atoms with van der Waals surface area (Å²) in [6, 6.07) is 12.4. The van der Waals surface area contributed by atoms with E-state index in [4.69, 9.17) is 42.1 Å². The molecule has 5 heterocycles. The largest absolute Gasteiger partial charge is 0.493 e. The number of carbonyl (C=O) groups is 2. The lowest BCUT2D eigenvalue weighted by molar-refractivity contribution is -0.377. The van der Waals surface area contributed by atoms with E-state index in [2.05, 4.69) is 15.2 Å². The number of H-pyrrole nitrogens is 1. The van der Waals surface area contributed by atoms with E-state index in [0.29, 0.717) is 51.6 Å². The Bertz CT molecular complexity index is 1800. The van der Waals surface area contributed by atoms with Crippen molar-refractivity contribution in [2.75, 3.05) is 40.5 Å². The SMILES string of the molecule is COc1ccc([C@@H](COC(=O)c2csc(CNC(C(=O)O[C@H]3CN4CCC3CC4)c3ccccc3F)c2)Cc2c(Cl)c[nH+]cc2Cl)cc1OC. The molecule has 0 amide bonds. The van der Waals surface area contributed by atoms with Gasteiger partial charge in [0, 0.05) is 40.4 Å². The van der Waals surface area contributed by atoms with Crippen LogP contribution in [0.2, 0.25) is 10.0 Å². The molecular weight excluding hydrogens is 704 g/mol. The lowest BCUT2D eigenvalue weighted by Gasteiger charge is -2.44. The number of esters is 2. The zero-order valence-electron chi connectivity index (χ0n) is 27.8. The van der Waals surface area contributed by atoms with E-state index >= 15 is 0 Å². The van der Waals surface area contributed by atoms with E-state index in [9.17, 15) is 14.0 Å². The Kier molecular flexibility index (Phi) is 11.9. The summed E-state index contributed by atoms with van der Waals surface area (Å²) in [5.74, 6) is -0.405. The van der Waals surface area contributed by atoms with Crippen LogP contribution in [-0.4, -0.2) is 63.4 Å². The first-order valence-corrected chi connectivity index (χ1v) is 18.1. The predicted molar refractivity (Wildman–Crippen MR) is 189 cm³/mol. The Morgan fingerprint density at radius 1 is 1.04 bits per heavy atom. The summed E-state index contributed by atoms with van der Waals surface area (Å²) in [6.45, 7) is 2.98. The van der Waals surface area contributed by atoms with E-state index in [-0.39, 0.29) is 30.7 Å². The normalized spacial score (nSPS) is 19.4. The Labute approximate surface area is 304 Å². The number of hydrogen-bond acceptors (Lipinski definition) is 9. The van der Waals surface area contributed by atoms with Crippen LogP contribution in [0.15, 0.2) is 66.3 Å². The summed E-state index contributed by atoms with van der Waals surface area (Å²) < 4.78 is 37.7. The number of nitrogens with one attached hydrogen (secondary N) is 2. The lowest BCUT2D eigenvalue weighted by Crippen LogP contribution is -2.52. The number of carbonyl (C=O) groups excluding carboxylic acids is 2. The van der Waals surface area contributed by atoms with E-state index < -0.39 is 23.8 Å². The Balaban J connectivity index is 1.13. The van der Waals surface area contributed by atoms with Crippen LogP contribution in [0, 0.1) is 11.7 Å². The molecule has 264 valence electrons. The summed E-state index contributed by atoms with van der Waals surface area (Å²) in [6.07, 6.45) is 5.46. The molecule has 3 atom stereocenters. The summed E-state index contributed by atoms with van der Waals surface area (Å²) in [5.41, 5.74) is 2.13. The second kappa shape index (κ2) is 16.5. The van der Waals surface area contributed by atoms with Crippen LogP contribution < -0.4 is 19.8 Å². The minimum absolute atomic E-state index is 0.0315. The van der Waals surface area contributed by atoms with Gasteiger partial charge in [0.15, 0.2) is 23.9 Å². The molecule has 3 fully saturated rings. The van der Waals surface area contributed by atoms with Crippen LogP contribution in [0.25, 0.3) is 0 Å². The van der Waals surface area contributed by atoms with Gasteiger partial charge < -0.3 is 18.9 Å². The zero-order valence-corrected chi connectivity index (χ0v) is 30.1. The second-order valence-electron chi connectivity index (χ2n) is 12.5. The highest BCUT2D eigenvalue weighted by molar-refractivity contribution is 7.10. The molecule has 2 bridgehead atoms. The average molecular weight is 744 g/mol. The highest BCUT2D eigenvalue weighted by atomic mass is 35.5. The van der Waals surface area contributed by atoms with E-state index in [1.807, 2.05) is 12.1 Å². The molecule has 2 N–H and O–H groups in total. The van der Waals surface area contributed by atoms with Crippen molar-refractivity contribution in [3.05, 3.63) is 109 Å². The standard InChI is InChI=1S/C37H38Cl2FN3O6S/c1-46-32-8-7-23(15-33(32)47-2)24(14-28-29(38)17-41-18-30(28)39)20-48-36(44)25-13-26(50-21-25)16-42-35(27-5-3-4-6-31(27)40)37(45)49-34-19-43-11-9-22(34)10-12-43/h3-8,13,15,17-18,21-22,24,34-35,42H,9-12,14,16,19-20H2,1-2H3/p+1/t24-,34+,35?/m1/s1. The highest BCUT2D eigenvalue weighted by Gasteiger charge is 2.38. The first-order valence-electron chi connectivity index (χ1n) is 16.4. The number of piperidine rings is 3. The molecule has 4 aromatic rings. The number of methoxy groups -OCH3 is 2. The Morgan fingerprint density at radius 2 is 1.78 bits per heavy atom. The van der Waals surface area contributed by atoms with Gasteiger partial charge in [-0.25, -0.2) is 19.0 Å². The molecule has 3 aliphatic heterocycles. The molecule has 0 radical (unpaired) electrons. The van der Waals surface area contributed by atoms with Crippen molar-refractivity contribution in [1.29, 1.82) is 0 Å². The molecule has 2 aromatic carbocycles. The number of thiophene rings is 1. The van der Waals surface area contributed by atoms with Crippen LogP contribution in [0.5, 0.6) is 11.5 Å². The molecule has 3 aliphatic rings. The van der Waals surface area contributed by atoms with Crippen molar-refractivity contribution in [1.82, 2.24) is 10.2 Å². The first-order chi connectivity index (χ1) is 24.2. The van der Waals surface area contributed by atoms with E-state index in [1.54, 1.807) is 62.3 Å². The van der Waals surface area contributed by atoms with E-state index in [0.717, 1.165) is 36.4 Å². The maximum atomic E-state index is 15.0. The number of fused-ring (bicyclic) bond motifs is 3. The number of ether oxygens (including phenoxy) is 4. The molecule has 0 saturated carbocycles. The van der Waals surface area contributed by atoms with Crippen molar-refractivity contribution >= 4 is 46.5 Å². The van der Waals surface area contributed by atoms with Gasteiger partial charge >= 0.3 is 11.9 Å². The molecule has 9 nitrogen and oxygen atoms in total. The summed E-state index contributed by atoms with van der Waals surface area (Å²) in [7, 11) is 3.12. The third-order valence-corrected chi connectivity index (χ3v) is 11.0. The minimum Gasteiger partial charge on any atom is -0.493 e. The van der Waals surface area contributed by atoms with Crippen LogP contribution in [0.4, 0.5) is 4.39 Å². The second-order valence-corrected chi connectivity index (χ2v) is 14.3. The van der Waals surface area contributed by atoms with Crippen molar-refractivity contribution < 1.29 is 37.9 Å². The van der Waals surface area contributed by atoms with Gasteiger partial charge in [0.05, 0.1) is 26.4 Å². The molecule has 1 unspecified atom stereocenters. The summed E-state index contributed by atoms with van der Waals surface area (Å²) >= 11 is 14.3. The monoisotopic (exact) mass is 742 g/mol. The van der Waals surface area contributed by atoms with Gasteiger partial charge in [0.1, 0.15) is 28.0 Å². The number of pyridine rings is 1. The lowest BCUT2D eigenvalue weighted by atomic mass is 9.86. The number of aromatic amines is 1. The third kappa shape index (κ3) is 8.41. The van der Waals surface area contributed by atoms with Gasteiger partial charge in [0.2, 0.25) is 0 Å². The molecule has 0 spiro atoms. The highest BCUT2D eigenvalue weighted by Crippen LogP contribution is 2.35. The molecule has 50 heavy (non-hydrogen) atoms. The van der Waals surface area contributed by atoms with Crippen LogP contribution in [0.1, 0.15) is 56.7 Å². The molecular formula is C37H39Cl2FN3O6S+. The van der Waals surface area contributed by atoms with Gasteiger partial charge in [0.25, 0.3) is 0 Å². The van der Waals surface area contributed by atoms with E-state index in [1.165, 1.54) is 17.4 Å². The number of hydrogen-bond donors (Lipinski definition) is 1. The first kappa shape index (κ1) is 36.1. The smallest absolute Gasteiger partial charge is 0.339 e. The topological polar surface area (TPSA) is 100 Å². The van der Waals surface area contributed by atoms with Crippen LogP contribution >= 0.6 is 34.5 Å². The molecule has 13 heteroatoms. The predicted octanol–water partition coefficient (Wildman–Crippen LogP) is 6.68. The number of benzene rings is 2. The van der Waals surface area contributed by atoms with Gasteiger partial charge in [-0.15, -0.1) is 11.3 Å². The van der Waals surface area contributed by atoms with Gasteiger partial charge in [-0.1, -0.05) is 47.5 Å². The van der Waals surface area contributed by atoms with Crippen molar-refractivity contribution in [2.24, 2.45) is 5.92 Å². The summed E-state index contributed by atoms with van der Waals surface area (Å²) in [4.78, 5) is 32.8. The number of halogens is 3. The average Bonchev–Trinajstić information content (AvgIpc) is 3.61. The van der Waals surface area contributed by atoms with Gasteiger partial charge in [-0.05, 0) is 68.1 Å². The fourth-order valence-corrected chi connectivity index (χ4v) is 7.97. The minimum atomic E-state index is -1.01. The summed E-state index contributed by atoms with van der Waals surface area (Å²) in [5, 5.41) is 5.82. The van der Waals surface area contributed by atoms with Crippen LogP contribution in [-0.2, 0) is 27.2 Å². The van der Waals surface area contributed by atoms with Crippen LogP contribution in [0.3, 0.4) is 0 Å². The van der Waals surface area contributed by atoms with Crippen molar-refractivity contribution in [3.63, 3.8) is 0 Å². The van der Waals surface area contributed by atoms with Gasteiger partial charge in [-0.3, -0.25) is 10.2 Å². The maximum Gasteiger partial charge on any atom is 0.339 e. The molecule has 3 saturated heterocycles. The number of aromatic nitrogens is 1. The quantitative estimate of drug-likeness (QED) is 0.143. The zero-order chi connectivity index (χ0) is 35.2. The number of rotatable bonds is 14. The maximum absolute atomic E-state index is 15.0. The molecule has 2 aromatic heterocycles. The Hall–Kier alpha value is -3.74. The van der Waals surface area contributed by atoms with Gasteiger partial charge in [-0.2, -0.15) is 0 Å². The Morgan fingerprint density at radius 3 is 2.46 bits per heavy atom. The molecule has 0 aliphatic carbocycles. The fraction of sp³-hybridized carbons (Fsp3) is 0.378. The number of nitrogens with zero attached hydrogens (tertiary/aromatic N) is 1. The molecule has 7 rings (SSSR count). The third-order valence-electron chi connectivity index (χ3n) is 9.43. The van der Waals surface area contributed by atoms with Crippen molar-refractivity contribution in [2.45, 2.75) is 43.9 Å². The fourth-order valence-electron chi connectivity index (χ4n) is 6.63.